The summed E-state index contributed by atoms with van der Waals surface area (Å²) in [6.07, 6.45) is 2.99. The summed E-state index contributed by atoms with van der Waals surface area (Å²) in [5.41, 5.74) is 0.696. The molecule has 0 amide bonds. The van der Waals surface area contributed by atoms with Gasteiger partial charge in [0.05, 0.1) is 11.9 Å². The summed E-state index contributed by atoms with van der Waals surface area (Å²) < 4.78 is 12.7. The summed E-state index contributed by atoms with van der Waals surface area (Å²) in [6.45, 7) is 0.0819. The molecule has 3 rings (SSSR count). The fraction of sp³-hybridized carbons (Fsp3) is 0.167. The van der Waals surface area contributed by atoms with E-state index in [0.717, 1.165) is 9.36 Å². The third kappa shape index (κ3) is 2.52. The summed E-state index contributed by atoms with van der Waals surface area (Å²) in [4.78, 5) is 15.8. The Morgan fingerprint density at radius 2 is 2.24 bits per heavy atom. The van der Waals surface area contributed by atoms with Gasteiger partial charge in [-0.2, -0.15) is 14.3 Å². The van der Waals surface area contributed by atoms with Crippen LogP contribution in [0.2, 0.25) is 5.02 Å². The lowest BCUT2D eigenvalue weighted by Gasteiger charge is -2.09. The molecule has 0 saturated heterocycles. The largest absolute Gasteiger partial charge is 0.445 e. The van der Waals surface area contributed by atoms with Crippen molar-refractivity contribution in [2.24, 2.45) is 7.05 Å². The van der Waals surface area contributed by atoms with Crippen LogP contribution in [-0.4, -0.2) is 24.8 Å². The Morgan fingerprint density at radius 1 is 1.38 bits per heavy atom. The maximum absolute atomic E-state index is 12.0. The number of aromatic nitrogens is 5. The number of aryl methyl sites for hydroxylation is 1. The molecule has 0 spiro atoms. The van der Waals surface area contributed by atoms with Crippen LogP contribution in [0.3, 0.4) is 0 Å². The minimum atomic E-state index is -0.380. The van der Waals surface area contributed by atoms with E-state index in [1.54, 1.807) is 18.2 Å². The molecule has 0 atom stereocenters. The highest BCUT2D eigenvalue weighted by Crippen LogP contribution is 2.23. The fourth-order valence-corrected chi connectivity index (χ4v) is 1.99. The summed E-state index contributed by atoms with van der Waals surface area (Å²) in [7, 11) is 1.51. The number of benzene rings is 1. The zero-order chi connectivity index (χ0) is 14.8. The van der Waals surface area contributed by atoms with Gasteiger partial charge in [0, 0.05) is 17.6 Å². The van der Waals surface area contributed by atoms with Crippen LogP contribution in [0.4, 0.5) is 0 Å². The maximum atomic E-state index is 12.0. The van der Waals surface area contributed by atoms with Crippen molar-refractivity contribution >= 4 is 11.6 Å². The van der Waals surface area contributed by atoms with Gasteiger partial charge < -0.3 is 9.15 Å². The predicted molar refractivity (Wildman–Crippen MR) is 72.4 cm³/mol. The standard InChI is InChI=1S/C12H10ClN5O3/c1-17-12(19)18(16-15-17)10-4-2-3-9(13)8(10)7-21-11-14-5-6-20-11/h2-6H,7H2,1H3. The Kier molecular flexibility index (Phi) is 3.44. The molecule has 108 valence electrons. The third-order valence-electron chi connectivity index (χ3n) is 2.79. The summed E-state index contributed by atoms with van der Waals surface area (Å²) >= 11 is 6.18. The zero-order valence-corrected chi connectivity index (χ0v) is 11.7. The van der Waals surface area contributed by atoms with E-state index < -0.39 is 0 Å². The molecular formula is C12H10ClN5O3. The van der Waals surface area contributed by atoms with E-state index >= 15 is 0 Å². The zero-order valence-electron chi connectivity index (χ0n) is 10.9. The molecule has 3 aromatic rings. The molecule has 9 heteroatoms. The average molecular weight is 308 g/mol. The van der Waals surface area contributed by atoms with Gasteiger partial charge in [0.25, 0.3) is 0 Å². The van der Waals surface area contributed by atoms with E-state index in [4.69, 9.17) is 20.8 Å². The predicted octanol–water partition coefficient (Wildman–Crippen LogP) is 1.19. The molecule has 0 aliphatic heterocycles. The smallest absolute Gasteiger partial charge is 0.393 e. The van der Waals surface area contributed by atoms with Crippen LogP contribution in [0.5, 0.6) is 6.08 Å². The molecule has 8 nitrogen and oxygen atoms in total. The molecule has 0 saturated carbocycles. The Balaban J connectivity index is 1.99. The van der Waals surface area contributed by atoms with Crippen LogP contribution in [0.1, 0.15) is 5.56 Å². The molecule has 0 aliphatic carbocycles. The SMILES string of the molecule is Cn1nnn(-c2cccc(Cl)c2COc2ncco2)c1=O. The van der Waals surface area contributed by atoms with Crippen LogP contribution in [0, 0.1) is 0 Å². The Bertz CT molecular complexity index is 809. The van der Waals surface area contributed by atoms with Crippen molar-refractivity contribution in [1.29, 1.82) is 0 Å². The maximum Gasteiger partial charge on any atom is 0.393 e. The monoisotopic (exact) mass is 307 g/mol. The van der Waals surface area contributed by atoms with Gasteiger partial charge in [0.1, 0.15) is 12.9 Å². The van der Waals surface area contributed by atoms with E-state index in [0.29, 0.717) is 16.3 Å². The third-order valence-corrected chi connectivity index (χ3v) is 3.15. The lowest BCUT2D eigenvalue weighted by molar-refractivity contribution is 0.220. The van der Waals surface area contributed by atoms with Crippen LogP contribution >= 0.6 is 11.6 Å². The molecule has 0 aliphatic rings. The fourth-order valence-electron chi connectivity index (χ4n) is 1.77. The number of tetrazole rings is 1. The van der Waals surface area contributed by atoms with Crippen molar-refractivity contribution in [3.63, 3.8) is 0 Å². The van der Waals surface area contributed by atoms with Gasteiger partial charge in [-0.05, 0) is 22.6 Å². The van der Waals surface area contributed by atoms with E-state index in [2.05, 4.69) is 15.4 Å². The molecule has 0 fully saturated rings. The first-order valence-electron chi connectivity index (χ1n) is 5.96. The first kappa shape index (κ1) is 13.4. The second kappa shape index (κ2) is 5.41. The Labute approximate surface area is 123 Å². The van der Waals surface area contributed by atoms with Crippen molar-refractivity contribution in [2.75, 3.05) is 0 Å². The lowest BCUT2D eigenvalue weighted by Crippen LogP contribution is -2.23. The first-order valence-corrected chi connectivity index (χ1v) is 6.33. The number of ether oxygens (including phenoxy) is 1. The molecule has 21 heavy (non-hydrogen) atoms. The van der Waals surface area contributed by atoms with Crippen molar-refractivity contribution in [3.8, 4) is 11.8 Å². The van der Waals surface area contributed by atoms with Crippen LogP contribution in [-0.2, 0) is 13.7 Å². The van der Waals surface area contributed by atoms with Crippen molar-refractivity contribution in [1.82, 2.24) is 24.8 Å². The first-order chi connectivity index (χ1) is 10.2. The van der Waals surface area contributed by atoms with E-state index in [-0.39, 0.29) is 18.4 Å². The van der Waals surface area contributed by atoms with Gasteiger partial charge >= 0.3 is 11.8 Å². The molecule has 2 heterocycles. The van der Waals surface area contributed by atoms with Crippen molar-refractivity contribution < 1.29 is 9.15 Å². The molecule has 1 aromatic carbocycles. The highest BCUT2D eigenvalue weighted by molar-refractivity contribution is 6.31. The van der Waals surface area contributed by atoms with E-state index in [1.807, 2.05) is 0 Å². The molecule has 0 unspecified atom stereocenters. The van der Waals surface area contributed by atoms with Gasteiger partial charge in [0.15, 0.2) is 0 Å². The summed E-state index contributed by atoms with van der Waals surface area (Å²) in [5, 5.41) is 7.91. The molecular weight excluding hydrogens is 298 g/mol. The highest BCUT2D eigenvalue weighted by Gasteiger charge is 2.15. The quantitative estimate of drug-likeness (QED) is 0.719. The summed E-state index contributed by atoms with van der Waals surface area (Å²) in [6, 6.07) is 5.12. The molecule has 0 bridgehead atoms. The van der Waals surface area contributed by atoms with Gasteiger partial charge in [-0.15, -0.1) is 0 Å². The van der Waals surface area contributed by atoms with Crippen molar-refractivity contribution in [3.05, 3.63) is 51.7 Å². The second-order valence-corrected chi connectivity index (χ2v) is 4.53. The molecule has 0 radical (unpaired) electrons. The Morgan fingerprint density at radius 3 is 2.90 bits per heavy atom. The lowest BCUT2D eigenvalue weighted by atomic mass is 10.2. The van der Waals surface area contributed by atoms with Crippen LogP contribution in [0.25, 0.3) is 5.69 Å². The van der Waals surface area contributed by atoms with Crippen molar-refractivity contribution in [2.45, 2.75) is 6.61 Å². The van der Waals surface area contributed by atoms with Gasteiger partial charge in [-0.3, -0.25) is 0 Å². The summed E-state index contributed by atoms with van der Waals surface area (Å²) in [5.74, 6) is 0. The number of oxazole rings is 1. The van der Waals surface area contributed by atoms with Gasteiger partial charge in [-0.1, -0.05) is 17.7 Å². The number of halogens is 1. The molecule has 0 N–H and O–H groups in total. The van der Waals surface area contributed by atoms with Gasteiger partial charge in [0.2, 0.25) is 0 Å². The normalized spacial score (nSPS) is 10.8. The van der Waals surface area contributed by atoms with Gasteiger partial charge in [-0.25, -0.2) is 4.79 Å². The van der Waals surface area contributed by atoms with Crippen LogP contribution < -0.4 is 10.4 Å². The van der Waals surface area contributed by atoms with E-state index in [9.17, 15) is 4.79 Å². The topological polar surface area (TPSA) is 88.0 Å². The minimum Gasteiger partial charge on any atom is -0.445 e. The molecule has 2 aromatic heterocycles. The number of nitrogens with zero attached hydrogens (tertiary/aromatic N) is 5. The average Bonchev–Trinajstić information content (AvgIpc) is 3.09. The second-order valence-electron chi connectivity index (χ2n) is 4.12. The van der Waals surface area contributed by atoms with Crippen LogP contribution in [0.15, 0.2) is 39.9 Å². The number of hydrogen-bond acceptors (Lipinski definition) is 6. The number of hydrogen-bond donors (Lipinski definition) is 0. The minimum absolute atomic E-state index is 0.0819. The van der Waals surface area contributed by atoms with E-state index in [1.165, 1.54) is 19.5 Å². The number of rotatable bonds is 4. The Hall–Kier alpha value is -2.61. The highest BCUT2D eigenvalue weighted by atomic mass is 35.5.